The van der Waals surface area contributed by atoms with Gasteiger partial charge in [-0.25, -0.2) is 4.99 Å². The average molecular weight is 240 g/mol. The SMILES string of the molecule is Cl.NC1=NC2(O)c3ccccc3C(=O)N2C1. The highest BCUT2D eigenvalue weighted by molar-refractivity contribution is 6.03. The molecule has 16 heavy (non-hydrogen) atoms. The topological polar surface area (TPSA) is 78.9 Å². The molecule has 1 unspecified atom stereocenters. The third kappa shape index (κ3) is 1.10. The quantitative estimate of drug-likeness (QED) is 0.671. The van der Waals surface area contributed by atoms with Crippen LogP contribution in [-0.4, -0.2) is 28.3 Å². The van der Waals surface area contributed by atoms with Crippen LogP contribution in [0.15, 0.2) is 29.3 Å². The number of hydrogen-bond acceptors (Lipinski definition) is 4. The largest absolute Gasteiger partial charge is 0.386 e. The smallest absolute Gasteiger partial charge is 0.269 e. The zero-order valence-corrected chi connectivity index (χ0v) is 9.07. The number of carbonyl (C=O) groups is 1. The molecule has 0 radical (unpaired) electrons. The van der Waals surface area contributed by atoms with Gasteiger partial charge >= 0.3 is 0 Å². The zero-order valence-electron chi connectivity index (χ0n) is 8.25. The van der Waals surface area contributed by atoms with E-state index in [1.165, 1.54) is 4.90 Å². The maximum Gasteiger partial charge on any atom is 0.269 e. The molecule has 0 saturated heterocycles. The van der Waals surface area contributed by atoms with Gasteiger partial charge in [-0.15, -0.1) is 12.4 Å². The maximum absolute atomic E-state index is 11.9. The van der Waals surface area contributed by atoms with Crippen molar-refractivity contribution in [3.63, 3.8) is 0 Å². The first-order chi connectivity index (χ1) is 7.13. The van der Waals surface area contributed by atoms with Crippen molar-refractivity contribution in [3.05, 3.63) is 35.4 Å². The van der Waals surface area contributed by atoms with Crippen LogP contribution in [-0.2, 0) is 5.85 Å². The molecule has 1 aromatic carbocycles. The molecule has 1 aromatic rings. The summed E-state index contributed by atoms with van der Waals surface area (Å²) in [6.45, 7) is 0.185. The summed E-state index contributed by atoms with van der Waals surface area (Å²) in [7, 11) is 0. The van der Waals surface area contributed by atoms with Crippen molar-refractivity contribution >= 4 is 24.1 Å². The number of aliphatic hydroxyl groups is 1. The highest BCUT2D eigenvalue weighted by Gasteiger charge is 2.52. The second-order valence-electron chi connectivity index (χ2n) is 3.68. The monoisotopic (exact) mass is 239 g/mol. The summed E-state index contributed by atoms with van der Waals surface area (Å²) in [5, 5.41) is 10.3. The summed E-state index contributed by atoms with van der Waals surface area (Å²) in [5.74, 6) is -1.52. The van der Waals surface area contributed by atoms with Gasteiger partial charge in [0.2, 0.25) is 0 Å². The molecule has 3 N–H and O–H groups in total. The van der Waals surface area contributed by atoms with Crippen LogP contribution >= 0.6 is 12.4 Å². The zero-order chi connectivity index (χ0) is 10.6. The van der Waals surface area contributed by atoms with E-state index >= 15 is 0 Å². The van der Waals surface area contributed by atoms with Crippen LogP contribution in [0.3, 0.4) is 0 Å². The third-order valence-electron chi connectivity index (χ3n) is 2.76. The number of halogens is 1. The molecule has 1 amide bonds. The lowest BCUT2D eigenvalue weighted by molar-refractivity contribution is -0.0590. The lowest BCUT2D eigenvalue weighted by Crippen LogP contribution is -2.39. The van der Waals surface area contributed by atoms with Crippen LogP contribution in [0.2, 0.25) is 0 Å². The van der Waals surface area contributed by atoms with Crippen molar-refractivity contribution < 1.29 is 9.90 Å². The predicted molar refractivity (Wildman–Crippen MR) is 60.2 cm³/mol. The molecule has 0 aromatic heterocycles. The number of hydrogen-bond donors (Lipinski definition) is 2. The van der Waals surface area contributed by atoms with E-state index in [1.807, 2.05) is 0 Å². The number of amides is 1. The fourth-order valence-corrected chi connectivity index (χ4v) is 2.09. The summed E-state index contributed by atoms with van der Waals surface area (Å²) in [6, 6.07) is 6.89. The lowest BCUT2D eigenvalue weighted by atomic mass is 10.1. The molecule has 84 valence electrons. The number of aliphatic imine (C=N–C) groups is 1. The molecule has 3 rings (SSSR count). The fraction of sp³-hybridized carbons (Fsp3) is 0.200. The Bertz CT molecular complexity index is 503. The minimum absolute atomic E-state index is 0. The molecular formula is C10H10ClN3O2. The molecule has 2 heterocycles. The minimum Gasteiger partial charge on any atom is -0.386 e. The number of nitrogens with two attached hydrogens (primary N) is 1. The second kappa shape index (κ2) is 3.20. The summed E-state index contributed by atoms with van der Waals surface area (Å²) >= 11 is 0. The van der Waals surface area contributed by atoms with Gasteiger partial charge in [0.25, 0.3) is 11.8 Å². The first-order valence-corrected chi connectivity index (χ1v) is 4.61. The Morgan fingerprint density at radius 2 is 2.12 bits per heavy atom. The number of fused-ring (bicyclic) bond motifs is 3. The number of rotatable bonds is 0. The number of benzene rings is 1. The highest BCUT2D eigenvalue weighted by atomic mass is 35.5. The van der Waals surface area contributed by atoms with Crippen LogP contribution in [0.25, 0.3) is 0 Å². The van der Waals surface area contributed by atoms with Gasteiger partial charge in [0.05, 0.1) is 6.54 Å². The van der Waals surface area contributed by atoms with Crippen molar-refractivity contribution in [2.45, 2.75) is 5.85 Å². The van der Waals surface area contributed by atoms with E-state index in [2.05, 4.69) is 4.99 Å². The van der Waals surface area contributed by atoms with Gasteiger partial charge in [0.15, 0.2) is 0 Å². The Kier molecular flexibility index (Phi) is 2.18. The van der Waals surface area contributed by atoms with Crippen LogP contribution < -0.4 is 5.73 Å². The molecule has 0 aliphatic carbocycles. The van der Waals surface area contributed by atoms with Gasteiger partial charge in [0, 0.05) is 11.1 Å². The third-order valence-corrected chi connectivity index (χ3v) is 2.76. The van der Waals surface area contributed by atoms with Crippen LogP contribution in [0.5, 0.6) is 0 Å². The normalized spacial score (nSPS) is 25.9. The molecule has 6 heteroatoms. The maximum atomic E-state index is 11.9. The Morgan fingerprint density at radius 1 is 1.44 bits per heavy atom. The molecule has 0 saturated carbocycles. The summed E-state index contributed by atoms with van der Waals surface area (Å²) in [4.78, 5) is 17.1. The van der Waals surface area contributed by atoms with Gasteiger partial charge < -0.3 is 10.8 Å². The van der Waals surface area contributed by atoms with E-state index in [0.717, 1.165) is 0 Å². The molecule has 5 nitrogen and oxygen atoms in total. The van der Waals surface area contributed by atoms with Crippen LogP contribution in [0.4, 0.5) is 0 Å². The Labute approximate surface area is 98.0 Å². The van der Waals surface area contributed by atoms with Crippen LogP contribution in [0.1, 0.15) is 15.9 Å². The molecule has 2 aliphatic heterocycles. The van der Waals surface area contributed by atoms with Crippen LogP contribution in [0, 0.1) is 0 Å². The number of amidine groups is 1. The van der Waals surface area contributed by atoms with Gasteiger partial charge in [0.1, 0.15) is 5.84 Å². The highest BCUT2D eigenvalue weighted by Crippen LogP contribution is 2.40. The summed E-state index contributed by atoms with van der Waals surface area (Å²) in [5.41, 5.74) is 6.53. The number of carbonyl (C=O) groups excluding carboxylic acids is 1. The minimum atomic E-state index is -1.57. The van der Waals surface area contributed by atoms with Crippen molar-refractivity contribution in [3.8, 4) is 0 Å². The molecule has 0 spiro atoms. The molecule has 1 atom stereocenters. The van der Waals surface area contributed by atoms with Crippen molar-refractivity contribution in [2.75, 3.05) is 6.54 Å². The number of nitrogens with zero attached hydrogens (tertiary/aromatic N) is 2. The van der Waals surface area contributed by atoms with E-state index in [0.29, 0.717) is 11.1 Å². The van der Waals surface area contributed by atoms with Gasteiger partial charge in [-0.3, -0.25) is 9.69 Å². The summed E-state index contributed by atoms with van der Waals surface area (Å²) < 4.78 is 0. The van der Waals surface area contributed by atoms with E-state index in [4.69, 9.17) is 5.73 Å². The Balaban J connectivity index is 0.000000963. The first kappa shape index (κ1) is 10.9. The molecule has 0 bridgehead atoms. The predicted octanol–water partition coefficient (Wildman–Crippen LogP) is 0.0376. The van der Waals surface area contributed by atoms with Crippen molar-refractivity contribution in [1.82, 2.24) is 4.90 Å². The summed E-state index contributed by atoms with van der Waals surface area (Å²) in [6.07, 6.45) is 0. The Hall–Kier alpha value is -1.59. The fourth-order valence-electron chi connectivity index (χ4n) is 2.09. The van der Waals surface area contributed by atoms with E-state index in [9.17, 15) is 9.90 Å². The molecular weight excluding hydrogens is 230 g/mol. The molecule has 0 fully saturated rings. The van der Waals surface area contributed by atoms with Gasteiger partial charge in [-0.1, -0.05) is 18.2 Å². The second-order valence-corrected chi connectivity index (χ2v) is 3.68. The Morgan fingerprint density at radius 3 is 2.88 bits per heavy atom. The van der Waals surface area contributed by atoms with Crippen molar-refractivity contribution in [1.29, 1.82) is 0 Å². The van der Waals surface area contributed by atoms with E-state index in [-0.39, 0.29) is 30.7 Å². The van der Waals surface area contributed by atoms with Gasteiger partial charge in [-0.05, 0) is 6.07 Å². The standard InChI is InChI=1S/C10H9N3O2.ClH/c11-8-5-13-9(14)6-3-1-2-4-7(6)10(13,15)12-8;/h1-4,15H,5H2,(H2,11,12);1H. The average Bonchev–Trinajstić information content (AvgIpc) is 2.62. The van der Waals surface area contributed by atoms with Crippen molar-refractivity contribution in [2.24, 2.45) is 10.7 Å². The van der Waals surface area contributed by atoms with E-state index < -0.39 is 5.85 Å². The molecule has 2 aliphatic rings. The van der Waals surface area contributed by atoms with E-state index in [1.54, 1.807) is 24.3 Å². The first-order valence-electron chi connectivity index (χ1n) is 4.61. The van der Waals surface area contributed by atoms with Gasteiger partial charge in [-0.2, -0.15) is 0 Å². The lowest BCUT2D eigenvalue weighted by Gasteiger charge is -2.23.